The molecular weight excluding hydrogens is 326 g/mol. The number of hydrogen-bond donors (Lipinski definition) is 0. The van der Waals surface area contributed by atoms with E-state index in [1.807, 2.05) is 42.5 Å². The third-order valence-corrected chi connectivity index (χ3v) is 4.25. The van der Waals surface area contributed by atoms with Crippen molar-refractivity contribution >= 4 is 25.6 Å². The van der Waals surface area contributed by atoms with E-state index in [-0.39, 0.29) is 46.5 Å². The van der Waals surface area contributed by atoms with Gasteiger partial charge in [-0.3, -0.25) is 0 Å². The minimum absolute atomic E-state index is 0. The fourth-order valence-electron chi connectivity index (χ4n) is 1.20. The summed E-state index contributed by atoms with van der Waals surface area (Å²) in [7, 11) is -0.651. The minimum Gasteiger partial charge on any atom is -1.00 e. The van der Waals surface area contributed by atoms with Crippen LogP contribution in [-0.2, 0) is 21.7 Å². The van der Waals surface area contributed by atoms with Crippen molar-refractivity contribution in [3.05, 3.63) is 53.6 Å². The molecule has 0 aromatic heterocycles. The first-order chi connectivity index (χ1) is 6.72. The van der Waals surface area contributed by atoms with Gasteiger partial charge >= 0.3 is 21.7 Å². The van der Waals surface area contributed by atoms with Crippen LogP contribution in [-0.4, -0.2) is 8.80 Å². The van der Waals surface area contributed by atoms with E-state index >= 15 is 0 Å². The van der Waals surface area contributed by atoms with Crippen LogP contribution in [0.4, 0.5) is 0 Å². The summed E-state index contributed by atoms with van der Waals surface area (Å²) in [6, 6.07) is 16.1. The normalized spacial score (nSPS) is 8.00. The van der Waals surface area contributed by atoms with Gasteiger partial charge in [-0.1, -0.05) is 18.1 Å². The molecule has 0 saturated carbocycles. The van der Waals surface area contributed by atoms with Gasteiger partial charge in [0, 0.05) is 8.80 Å². The second kappa shape index (κ2) is 12.9. The molecule has 0 radical (unpaired) electrons. The van der Waals surface area contributed by atoms with E-state index in [4.69, 9.17) is 11.6 Å². The maximum absolute atomic E-state index is 5.87. The first kappa shape index (κ1) is 22.7. The van der Waals surface area contributed by atoms with E-state index in [0.29, 0.717) is 0 Å². The van der Waals surface area contributed by atoms with E-state index < -0.39 is 8.80 Å². The van der Waals surface area contributed by atoms with Crippen molar-refractivity contribution in [3.63, 3.8) is 0 Å². The molecule has 92 valence electrons. The molecule has 0 aliphatic rings. The van der Waals surface area contributed by atoms with Crippen LogP contribution in [0.2, 0.25) is 18.1 Å². The number of rotatable bonds is 1. The van der Waals surface area contributed by atoms with Crippen LogP contribution in [0.5, 0.6) is 0 Å². The van der Waals surface area contributed by atoms with Gasteiger partial charge in [-0.15, -0.1) is 16.8 Å². The Morgan fingerprint density at radius 2 is 1.65 bits per heavy atom. The van der Waals surface area contributed by atoms with Crippen LogP contribution >= 0.6 is 11.6 Å². The molecule has 5 heteroatoms. The van der Waals surface area contributed by atoms with Crippen molar-refractivity contribution in [2.24, 2.45) is 0 Å². The average Bonchev–Trinajstić information content (AvgIpc) is 2.74. The van der Waals surface area contributed by atoms with Crippen molar-refractivity contribution < 1.29 is 46.5 Å². The number of halogens is 3. The molecule has 0 unspecified atom stereocenters. The fourth-order valence-corrected chi connectivity index (χ4v) is 3.14. The van der Waals surface area contributed by atoms with E-state index in [2.05, 4.69) is 19.2 Å². The largest absolute Gasteiger partial charge is 4.00 e. The van der Waals surface area contributed by atoms with Crippen molar-refractivity contribution in [3.8, 4) is 0 Å². The van der Waals surface area contributed by atoms with Gasteiger partial charge in [-0.2, -0.15) is 30.3 Å². The van der Waals surface area contributed by atoms with Gasteiger partial charge < -0.3 is 24.8 Å². The molecule has 0 heterocycles. The molecule has 0 aliphatic carbocycles. The molecule has 2 rings (SSSR count). The smallest absolute Gasteiger partial charge is 1.00 e. The molecule has 2 aromatic carbocycles. The van der Waals surface area contributed by atoms with Crippen molar-refractivity contribution in [1.82, 2.24) is 0 Å². The van der Waals surface area contributed by atoms with Gasteiger partial charge in [0.1, 0.15) is 0 Å². The minimum atomic E-state index is -0.651. The SMILES string of the molecule is C[SiH](C)[c-]1cccc1Cl.[Cl-].[Cl-].[Ti+4].c1cc[cH-]c1. The number of hydrogen-bond acceptors (Lipinski definition) is 0. The molecule has 0 nitrogen and oxygen atoms in total. The molecule has 0 saturated heterocycles. The molecule has 0 bridgehead atoms. The van der Waals surface area contributed by atoms with E-state index in [1.165, 1.54) is 5.19 Å². The molecule has 0 amide bonds. The Hall–Kier alpha value is 0.501. The molecule has 0 N–H and O–H groups in total. The summed E-state index contributed by atoms with van der Waals surface area (Å²) in [5, 5.41) is 2.34. The standard InChI is InChI=1S/C7H10ClSi.C5H5.2ClH.Ti/c1-9(2)7-5-3-4-6(7)8;1-2-4-5-3-1;;;/h3-5,9H,1-2H3;1-5H;2*1H;/q2*-1;;;+4/p-2. The Bertz CT molecular complexity index is 327. The quantitative estimate of drug-likeness (QED) is 0.387. The fraction of sp³-hybridized carbons (Fsp3) is 0.167. The van der Waals surface area contributed by atoms with Gasteiger partial charge in [-0.05, 0) is 0 Å². The van der Waals surface area contributed by atoms with Crippen LogP contribution in [0.3, 0.4) is 0 Å². The molecule has 0 aliphatic heterocycles. The predicted octanol–water partition coefficient (Wildman–Crippen LogP) is -2.84. The predicted molar refractivity (Wildman–Crippen MR) is 67.6 cm³/mol. The van der Waals surface area contributed by atoms with Gasteiger partial charge in [0.05, 0.1) is 0 Å². The van der Waals surface area contributed by atoms with Crippen LogP contribution in [0.1, 0.15) is 0 Å². The third kappa shape index (κ3) is 9.12. The Kier molecular flexibility index (Phi) is 17.3. The first-order valence-corrected chi connectivity index (χ1v) is 8.06. The molecule has 17 heavy (non-hydrogen) atoms. The molecule has 2 aromatic rings. The average molecular weight is 342 g/mol. The molecule has 0 fully saturated rings. The Labute approximate surface area is 138 Å². The van der Waals surface area contributed by atoms with Crippen LogP contribution in [0, 0.1) is 0 Å². The topological polar surface area (TPSA) is 0 Å². The first-order valence-electron chi connectivity index (χ1n) is 4.79. The van der Waals surface area contributed by atoms with Crippen LogP contribution < -0.4 is 30.0 Å². The zero-order chi connectivity index (χ0) is 10.4. The Morgan fingerprint density at radius 3 is 1.82 bits per heavy atom. The van der Waals surface area contributed by atoms with E-state index in [1.54, 1.807) is 0 Å². The van der Waals surface area contributed by atoms with E-state index in [9.17, 15) is 0 Å². The molecule has 0 atom stereocenters. The Morgan fingerprint density at radius 1 is 1.12 bits per heavy atom. The molecule has 0 spiro atoms. The maximum Gasteiger partial charge on any atom is 4.00 e. The van der Waals surface area contributed by atoms with E-state index in [0.717, 1.165) is 5.02 Å². The summed E-state index contributed by atoms with van der Waals surface area (Å²) in [4.78, 5) is 0. The summed E-state index contributed by atoms with van der Waals surface area (Å²) >= 11 is 5.87. The van der Waals surface area contributed by atoms with Crippen LogP contribution in [0.25, 0.3) is 0 Å². The Balaban J connectivity index is -0.000000216. The van der Waals surface area contributed by atoms with Gasteiger partial charge in [-0.25, -0.2) is 18.2 Å². The second-order valence-electron chi connectivity index (χ2n) is 3.45. The van der Waals surface area contributed by atoms with Crippen LogP contribution in [0.15, 0.2) is 48.5 Å². The summed E-state index contributed by atoms with van der Waals surface area (Å²) < 4.78 is 0. The van der Waals surface area contributed by atoms with Gasteiger partial charge in [0.15, 0.2) is 0 Å². The maximum atomic E-state index is 5.87. The summed E-state index contributed by atoms with van der Waals surface area (Å²) in [6.07, 6.45) is 0. The summed E-state index contributed by atoms with van der Waals surface area (Å²) in [6.45, 7) is 4.56. The summed E-state index contributed by atoms with van der Waals surface area (Å²) in [5.74, 6) is 0. The van der Waals surface area contributed by atoms with Gasteiger partial charge in [0.25, 0.3) is 0 Å². The summed E-state index contributed by atoms with van der Waals surface area (Å²) in [5.41, 5.74) is 0. The molecular formula is C12H15Cl3SiTi. The zero-order valence-electron chi connectivity index (χ0n) is 9.83. The second-order valence-corrected chi connectivity index (χ2v) is 6.78. The van der Waals surface area contributed by atoms with Crippen molar-refractivity contribution in [2.75, 3.05) is 0 Å². The monoisotopic (exact) mass is 340 g/mol. The van der Waals surface area contributed by atoms with Gasteiger partial charge in [0.2, 0.25) is 0 Å². The zero-order valence-corrected chi connectivity index (χ0v) is 14.8. The third-order valence-electron chi connectivity index (χ3n) is 1.97. The van der Waals surface area contributed by atoms with Crippen molar-refractivity contribution in [1.29, 1.82) is 0 Å². The van der Waals surface area contributed by atoms with Crippen molar-refractivity contribution in [2.45, 2.75) is 13.1 Å².